The van der Waals surface area contributed by atoms with Crippen LogP contribution in [0.1, 0.15) is 29.1 Å². The maximum atomic E-state index is 4.93. The molecular formula is C20H21N5S. The molecule has 0 spiro atoms. The summed E-state index contributed by atoms with van der Waals surface area (Å²) in [5.74, 6) is 1.67. The first-order valence-corrected chi connectivity index (χ1v) is 9.89. The third-order valence-corrected chi connectivity index (χ3v) is 6.38. The molecule has 0 aliphatic heterocycles. The molecule has 3 aromatic heterocycles. The van der Waals surface area contributed by atoms with Crippen molar-refractivity contribution in [1.29, 1.82) is 0 Å². The number of thiophene rings is 1. The Kier molecular flexibility index (Phi) is 3.50. The fraction of sp³-hybridized carbons (Fsp3) is 0.350. The van der Waals surface area contributed by atoms with Crippen molar-refractivity contribution >= 4 is 32.9 Å². The molecule has 1 aromatic carbocycles. The molecule has 3 heterocycles. The minimum absolute atomic E-state index is 0.767. The average Bonchev–Trinajstić information content (AvgIpc) is 3.23. The third kappa shape index (κ3) is 2.32. The van der Waals surface area contributed by atoms with E-state index in [4.69, 9.17) is 15.1 Å². The topological polar surface area (TPSA) is 46.3 Å². The van der Waals surface area contributed by atoms with Gasteiger partial charge in [0.05, 0.1) is 5.39 Å². The normalized spacial score (nSPS) is 14.1. The van der Waals surface area contributed by atoms with E-state index in [1.54, 1.807) is 0 Å². The summed E-state index contributed by atoms with van der Waals surface area (Å²) in [6, 6.07) is 8.39. The third-order valence-electron chi connectivity index (χ3n) is 5.20. The highest BCUT2D eigenvalue weighted by Gasteiger charge is 2.22. The number of rotatable bonds is 2. The molecule has 0 radical (unpaired) electrons. The molecule has 4 aromatic rings. The fourth-order valence-electron chi connectivity index (χ4n) is 3.79. The molecular weight excluding hydrogens is 342 g/mol. The maximum Gasteiger partial charge on any atom is 0.182 e. The van der Waals surface area contributed by atoms with Crippen molar-refractivity contribution in [3.63, 3.8) is 0 Å². The minimum Gasteiger partial charge on any atom is -0.378 e. The average molecular weight is 363 g/mol. The zero-order valence-corrected chi connectivity index (χ0v) is 16.1. The Morgan fingerprint density at radius 1 is 1.04 bits per heavy atom. The fourth-order valence-corrected chi connectivity index (χ4v) is 5.09. The number of hydrogen-bond donors (Lipinski definition) is 0. The van der Waals surface area contributed by atoms with Crippen LogP contribution in [-0.4, -0.2) is 33.7 Å². The van der Waals surface area contributed by atoms with E-state index in [1.165, 1.54) is 40.8 Å². The lowest BCUT2D eigenvalue weighted by atomic mass is 9.97. The number of nitrogens with zero attached hydrogens (tertiary/aromatic N) is 5. The van der Waals surface area contributed by atoms with Gasteiger partial charge >= 0.3 is 0 Å². The van der Waals surface area contributed by atoms with E-state index in [0.29, 0.717) is 0 Å². The highest BCUT2D eigenvalue weighted by Crippen LogP contribution is 2.37. The lowest BCUT2D eigenvalue weighted by Gasteiger charge is -2.11. The Morgan fingerprint density at radius 2 is 1.81 bits per heavy atom. The molecule has 0 saturated carbocycles. The standard InChI is InChI=1S/C20H21N5S/c1-12-21-20-17(15-6-4-5-7-16(15)26-20)19-22-18(23-25(12)19)13-8-10-14(11-9-13)24(2)3/h8-11H,4-7H2,1-3H3. The smallest absolute Gasteiger partial charge is 0.182 e. The second kappa shape index (κ2) is 5.77. The molecule has 26 heavy (non-hydrogen) atoms. The molecule has 5 nitrogen and oxygen atoms in total. The molecule has 132 valence electrons. The summed E-state index contributed by atoms with van der Waals surface area (Å²) in [5, 5.41) is 5.99. The summed E-state index contributed by atoms with van der Waals surface area (Å²) >= 11 is 1.84. The van der Waals surface area contributed by atoms with Crippen molar-refractivity contribution in [2.24, 2.45) is 0 Å². The van der Waals surface area contributed by atoms with Gasteiger partial charge in [-0.15, -0.1) is 16.4 Å². The van der Waals surface area contributed by atoms with Gasteiger partial charge in [0, 0.05) is 30.2 Å². The minimum atomic E-state index is 0.767. The van der Waals surface area contributed by atoms with Crippen molar-refractivity contribution in [2.45, 2.75) is 32.6 Å². The second-order valence-corrected chi connectivity index (χ2v) is 8.25. The van der Waals surface area contributed by atoms with Gasteiger partial charge in [-0.3, -0.25) is 0 Å². The maximum absolute atomic E-state index is 4.93. The summed E-state index contributed by atoms with van der Waals surface area (Å²) in [7, 11) is 4.09. The molecule has 6 heteroatoms. The SMILES string of the molecule is Cc1nc2sc3c(c2c2nc(-c4ccc(N(C)C)cc4)nn12)CCCC3. The molecule has 0 amide bonds. The van der Waals surface area contributed by atoms with Crippen LogP contribution < -0.4 is 4.90 Å². The van der Waals surface area contributed by atoms with Gasteiger partial charge < -0.3 is 4.90 Å². The van der Waals surface area contributed by atoms with E-state index in [-0.39, 0.29) is 0 Å². The summed E-state index contributed by atoms with van der Waals surface area (Å²) in [5.41, 5.74) is 4.62. The largest absolute Gasteiger partial charge is 0.378 e. The summed E-state index contributed by atoms with van der Waals surface area (Å²) in [6.45, 7) is 2.01. The molecule has 1 aliphatic rings. The van der Waals surface area contributed by atoms with Crippen molar-refractivity contribution < 1.29 is 0 Å². The molecule has 5 rings (SSSR count). The lowest BCUT2D eigenvalue weighted by Crippen LogP contribution is -2.07. The Balaban J connectivity index is 1.72. The van der Waals surface area contributed by atoms with E-state index in [0.717, 1.165) is 34.1 Å². The van der Waals surface area contributed by atoms with Crippen LogP contribution in [-0.2, 0) is 12.8 Å². The van der Waals surface area contributed by atoms with Crippen LogP contribution in [0.3, 0.4) is 0 Å². The van der Waals surface area contributed by atoms with Crippen molar-refractivity contribution in [3.8, 4) is 11.4 Å². The van der Waals surface area contributed by atoms with Gasteiger partial charge in [0.2, 0.25) is 0 Å². The Labute approximate surface area is 156 Å². The van der Waals surface area contributed by atoms with Gasteiger partial charge in [0.25, 0.3) is 0 Å². The van der Waals surface area contributed by atoms with Crippen LogP contribution in [0.5, 0.6) is 0 Å². The van der Waals surface area contributed by atoms with Crippen LogP contribution in [0.2, 0.25) is 0 Å². The molecule has 0 atom stereocenters. The summed E-state index contributed by atoms with van der Waals surface area (Å²) < 4.78 is 1.92. The number of fused-ring (bicyclic) bond motifs is 5. The van der Waals surface area contributed by atoms with Gasteiger partial charge in [-0.1, -0.05) is 0 Å². The number of aryl methyl sites for hydroxylation is 3. The van der Waals surface area contributed by atoms with Crippen LogP contribution in [0.25, 0.3) is 27.3 Å². The molecule has 0 saturated heterocycles. The first-order valence-electron chi connectivity index (χ1n) is 9.07. The van der Waals surface area contributed by atoms with E-state index >= 15 is 0 Å². The van der Waals surface area contributed by atoms with Crippen molar-refractivity contribution in [1.82, 2.24) is 19.6 Å². The van der Waals surface area contributed by atoms with Crippen LogP contribution in [0.4, 0.5) is 5.69 Å². The lowest BCUT2D eigenvalue weighted by molar-refractivity contribution is 0.700. The zero-order chi connectivity index (χ0) is 17.8. The number of anilines is 1. The number of hydrogen-bond acceptors (Lipinski definition) is 5. The first-order chi connectivity index (χ1) is 12.6. The van der Waals surface area contributed by atoms with Crippen LogP contribution in [0, 0.1) is 6.92 Å². The number of aromatic nitrogens is 4. The van der Waals surface area contributed by atoms with Gasteiger partial charge in [-0.2, -0.15) is 4.52 Å². The van der Waals surface area contributed by atoms with Gasteiger partial charge in [0.1, 0.15) is 10.7 Å². The Bertz CT molecular complexity index is 1120. The van der Waals surface area contributed by atoms with E-state index in [1.807, 2.05) is 36.9 Å². The molecule has 0 fully saturated rings. The molecule has 0 unspecified atom stereocenters. The first kappa shape index (κ1) is 15.8. The van der Waals surface area contributed by atoms with E-state index in [9.17, 15) is 0 Å². The quantitative estimate of drug-likeness (QED) is 0.534. The second-order valence-electron chi connectivity index (χ2n) is 7.16. The highest BCUT2D eigenvalue weighted by molar-refractivity contribution is 7.19. The van der Waals surface area contributed by atoms with Gasteiger partial charge in [0.15, 0.2) is 11.5 Å². The summed E-state index contributed by atoms with van der Waals surface area (Å²) in [4.78, 5) is 14.5. The monoisotopic (exact) mass is 363 g/mol. The molecule has 0 N–H and O–H groups in total. The Hall–Kier alpha value is -2.47. The summed E-state index contributed by atoms with van der Waals surface area (Å²) in [6.07, 6.45) is 4.85. The van der Waals surface area contributed by atoms with Gasteiger partial charge in [-0.05, 0) is 62.4 Å². The molecule has 1 aliphatic carbocycles. The highest BCUT2D eigenvalue weighted by atomic mass is 32.1. The van der Waals surface area contributed by atoms with Gasteiger partial charge in [-0.25, -0.2) is 9.97 Å². The zero-order valence-electron chi connectivity index (χ0n) is 15.3. The van der Waals surface area contributed by atoms with Crippen LogP contribution >= 0.6 is 11.3 Å². The van der Waals surface area contributed by atoms with Crippen molar-refractivity contribution in [2.75, 3.05) is 19.0 Å². The number of benzene rings is 1. The van der Waals surface area contributed by atoms with E-state index < -0.39 is 0 Å². The van der Waals surface area contributed by atoms with Crippen molar-refractivity contribution in [3.05, 3.63) is 40.5 Å². The van der Waals surface area contributed by atoms with Crippen LogP contribution in [0.15, 0.2) is 24.3 Å². The predicted molar refractivity (Wildman–Crippen MR) is 107 cm³/mol. The molecule has 0 bridgehead atoms. The predicted octanol–water partition coefficient (Wildman–Crippen LogP) is 4.26. The van der Waals surface area contributed by atoms with E-state index in [2.05, 4.69) is 29.2 Å². The Morgan fingerprint density at radius 3 is 2.58 bits per heavy atom.